The minimum atomic E-state index is -0.302. The average molecular weight is 427 g/mol. The Morgan fingerprint density at radius 3 is 2.62 bits per heavy atom. The van der Waals surface area contributed by atoms with Crippen LogP contribution in [0.1, 0.15) is 30.0 Å². The Kier molecular flexibility index (Phi) is 6.08. The van der Waals surface area contributed by atoms with Gasteiger partial charge >= 0.3 is 0 Å². The number of hydrogen-bond acceptors (Lipinski definition) is 6. The Balaban J connectivity index is 1.35. The number of carbonyl (C=O) groups excluding carboxylic acids is 1. The smallest absolute Gasteiger partial charge is 0.262 e. The van der Waals surface area contributed by atoms with Crippen LogP contribution in [0.15, 0.2) is 64.6 Å². The van der Waals surface area contributed by atoms with Gasteiger partial charge in [0.1, 0.15) is 5.75 Å². The Labute approximate surface area is 184 Å². The van der Waals surface area contributed by atoms with E-state index in [-0.39, 0.29) is 18.1 Å². The normalized spacial score (nSPS) is 11.9. The van der Waals surface area contributed by atoms with Crippen molar-refractivity contribution in [1.82, 2.24) is 9.55 Å². The molecule has 0 atom stereocenters. The number of aryl methyl sites for hydroxylation is 1. The predicted molar refractivity (Wildman–Crippen MR) is 120 cm³/mol. The average Bonchev–Trinajstić information content (AvgIpc) is 3.26. The summed E-state index contributed by atoms with van der Waals surface area (Å²) in [4.78, 5) is 33.5. The van der Waals surface area contributed by atoms with Gasteiger partial charge in [0.15, 0.2) is 12.4 Å². The summed E-state index contributed by atoms with van der Waals surface area (Å²) in [7, 11) is 0. The Morgan fingerprint density at radius 1 is 1.19 bits per heavy atom. The van der Waals surface area contributed by atoms with Crippen molar-refractivity contribution in [2.75, 3.05) is 11.9 Å². The molecule has 160 valence electrons. The molecule has 1 aromatic heterocycles. The first kappa shape index (κ1) is 21.0. The third-order valence-electron chi connectivity index (χ3n) is 5.01. The van der Waals surface area contributed by atoms with Crippen LogP contribution in [-0.2, 0) is 17.8 Å². The highest BCUT2D eigenvalue weighted by Crippen LogP contribution is 2.24. The number of anilines is 1. The maximum absolute atomic E-state index is 12.6. The minimum Gasteiger partial charge on any atom is -0.484 e. The molecule has 0 saturated heterocycles. The number of aliphatic imine (C=N–C) groups is 1. The lowest BCUT2D eigenvalue weighted by molar-refractivity contribution is -0.118. The van der Waals surface area contributed by atoms with Gasteiger partial charge in [0.25, 0.3) is 11.5 Å². The van der Waals surface area contributed by atoms with Crippen LogP contribution in [0.2, 0.25) is 0 Å². The minimum absolute atomic E-state index is 0.0381. The van der Waals surface area contributed by atoms with Crippen molar-refractivity contribution in [3.05, 3.63) is 81.9 Å². The van der Waals surface area contributed by atoms with Gasteiger partial charge in [-0.05, 0) is 60.5 Å². The van der Waals surface area contributed by atoms with Crippen molar-refractivity contribution >= 4 is 23.1 Å². The zero-order valence-electron chi connectivity index (χ0n) is 17.5. The number of amides is 1. The highest BCUT2D eigenvalue weighted by molar-refractivity contribution is 6.06. The summed E-state index contributed by atoms with van der Waals surface area (Å²) in [6.07, 6.45) is 2.86. The van der Waals surface area contributed by atoms with Gasteiger partial charge in [0.05, 0.1) is 29.2 Å². The standard InChI is InChI=1S/C24H21N5O3/c1-2-11-29-15-26-23-20(24(29)31)12-21(28-23)17-5-9-19(10-6-17)32-14-22(30)27-18-7-3-16(13-25)4-8-18/h3-10,15H,2,11-12,14H2,1H3,(H,27,30). The summed E-state index contributed by atoms with van der Waals surface area (Å²) >= 11 is 0. The molecule has 1 aliphatic rings. The molecule has 32 heavy (non-hydrogen) atoms. The third kappa shape index (κ3) is 4.57. The fraction of sp³-hybridized carbons (Fsp3) is 0.208. The van der Waals surface area contributed by atoms with Crippen LogP contribution >= 0.6 is 0 Å². The van der Waals surface area contributed by atoms with Crippen LogP contribution in [0.25, 0.3) is 0 Å². The van der Waals surface area contributed by atoms with Gasteiger partial charge < -0.3 is 10.1 Å². The van der Waals surface area contributed by atoms with E-state index in [4.69, 9.17) is 10.00 Å². The molecule has 2 heterocycles. The van der Waals surface area contributed by atoms with Gasteiger partial charge in [0, 0.05) is 18.7 Å². The van der Waals surface area contributed by atoms with Crippen molar-refractivity contribution in [2.45, 2.75) is 26.3 Å². The van der Waals surface area contributed by atoms with Crippen LogP contribution in [0.3, 0.4) is 0 Å². The highest BCUT2D eigenvalue weighted by atomic mass is 16.5. The van der Waals surface area contributed by atoms with Crippen molar-refractivity contribution in [1.29, 1.82) is 5.26 Å². The number of nitrogens with one attached hydrogen (secondary N) is 1. The number of benzene rings is 2. The van der Waals surface area contributed by atoms with E-state index in [0.29, 0.717) is 41.3 Å². The molecular weight excluding hydrogens is 406 g/mol. The van der Waals surface area contributed by atoms with Crippen molar-refractivity contribution < 1.29 is 9.53 Å². The second-order valence-electron chi connectivity index (χ2n) is 7.33. The molecule has 1 N–H and O–H groups in total. The Hall–Kier alpha value is -4.25. The first-order valence-electron chi connectivity index (χ1n) is 10.3. The molecule has 0 bridgehead atoms. The van der Waals surface area contributed by atoms with Crippen molar-refractivity contribution in [2.24, 2.45) is 4.99 Å². The van der Waals surface area contributed by atoms with Gasteiger partial charge in [-0.15, -0.1) is 0 Å². The van der Waals surface area contributed by atoms with E-state index in [1.54, 1.807) is 47.3 Å². The summed E-state index contributed by atoms with van der Waals surface area (Å²) in [6, 6.07) is 15.8. The molecule has 8 nitrogen and oxygen atoms in total. The van der Waals surface area contributed by atoms with E-state index >= 15 is 0 Å². The zero-order chi connectivity index (χ0) is 22.5. The Morgan fingerprint density at radius 2 is 1.94 bits per heavy atom. The monoisotopic (exact) mass is 427 g/mol. The van der Waals surface area contributed by atoms with Crippen LogP contribution in [0.5, 0.6) is 5.75 Å². The maximum atomic E-state index is 12.6. The first-order valence-corrected chi connectivity index (χ1v) is 10.3. The van der Waals surface area contributed by atoms with E-state index in [2.05, 4.69) is 15.3 Å². The Bertz CT molecular complexity index is 1270. The number of nitrogens with zero attached hydrogens (tertiary/aromatic N) is 4. The number of ether oxygens (including phenoxy) is 1. The summed E-state index contributed by atoms with van der Waals surface area (Å²) in [5.74, 6) is 0.726. The van der Waals surface area contributed by atoms with Crippen LogP contribution in [0, 0.1) is 11.3 Å². The lowest BCUT2D eigenvalue weighted by Gasteiger charge is -2.08. The summed E-state index contributed by atoms with van der Waals surface area (Å²) in [6.45, 7) is 2.51. The molecule has 0 spiro atoms. The molecule has 1 aliphatic heterocycles. The van der Waals surface area contributed by atoms with E-state index < -0.39 is 0 Å². The third-order valence-corrected chi connectivity index (χ3v) is 5.01. The lowest BCUT2D eigenvalue weighted by Crippen LogP contribution is -2.24. The number of aromatic nitrogens is 2. The largest absolute Gasteiger partial charge is 0.484 e. The van der Waals surface area contributed by atoms with Gasteiger partial charge in [-0.1, -0.05) is 6.92 Å². The second-order valence-corrected chi connectivity index (χ2v) is 7.33. The topological polar surface area (TPSA) is 109 Å². The SMILES string of the molecule is CCCn1cnc2c(c1=O)CC(c1ccc(OCC(=O)Nc3ccc(C#N)cc3)cc1)=N2. The van der Waals surface area contributed by atoms with Crippen LogP contribution in [-0.4, -0.2) is 27.8 Å². The molecule has 0 saturated carbocycles. The van der Waals surface area contributed by atoms with Gasteiger partial charge in [-0.2, -0.15) is 5.26 Å². The fourth-order valence-electron chi connectivity index (χ4n) is 3.39. The molecule has 0 fully saturated rings. The van der Waals surface area contributed by atoms with Gasteiger partial charge in [0.2, 0.25) is 0 Å². The molecule has 2 aromatic carbocycles. The second kappa shape index (κ2) is 9.27. The summed E-state index contributed by atoms with van der Waals surface area (Å²) < 4.78 is 7.18. The lowest BCUT2D eigenvalue weighted by atomic mass is 10.1. The maximum Gasteiger partial charge on any atom is 0.262 e. The van der Waals surface area contributed by atoms with Crippen molar-refractivity contribution in [3.8, 4) is 11.8 Å². The predicted octanol–water partition coefficient (Wildman–Crippen LogP) is 3.22. The van der Waals surface area contributed by atoms with E-state index in [0.717, 1.165) is 17.7 Å². The molecule has 0 unspecified atom stereocenters. The fourth-order valence-corrected chi connectivity index (χ4v) is 3.39. The molecule has 3 aromatic rings. The molecular formula is C24H21N5O3. The quantitative estimate of drug-likeness (QED) is 0.623. The zero-order valence-corrected chi connectivity index (χ0v) is 17.5. The molecule has 8 heteroatoms. The number of carbonyl (C=O) groups is 1. The van der Waals surface area contributed by atoms with Gasteiger partial charge in [-0.25, -0.2) is 9.98 Å². The summed E-state index contributed by atoms with van der Waals surface area (Å²) in [5.41, 5.74) is 3.36. The molecule has 0 aliphatic carbocycles. The molecule has 1 amide bonds. The van der Waals surface area contributed by atoms with Crippen LogP contribution < -0.4 is 15.6 Å². The first-order chi connectivity index (χ1) is 15.6. The number of rotatable bonds is 7. The summed E-state index contributed by atoms with van der Waals surface area (Å²) in [5, 5.41) is 11.5. The van der Waals surface area contributed by atoms with Crippen molar-refractivity contribution in [3.63, 3.8) is 0 Å². The van der Waals surface area contributed by atoms with E-state index in [9.17, 15) is 9.59 Å². The van der Waals surface area contributed by atoms with E-state index in [1.807, 2.05) is 25.1 Å². The number of nitriles is 1. The molecule has 0 radical (unpaired) electrons. The highest BCUT2D eigenvalue weighted by Gasteiger charge is 2.21. The number of hydrogen-bond donors (Lipinski definition) is 1. The number of fused-ring (bicyclic) bond motifs is 1. The van der Waals surface area contributed by atoms with E-state index in [1.165, 1.54) is 0 Å². The van der Waals surface area contributed by atoms with Gasteiger partial charge in [-0.3, -0.25) is 14.2 Å². The van der Waals surface area contributed by atoms with Crippen LogP contribution in [0.4, 0.5) is 11.5 Å². The molecule has 4 rings (SSSR count).